The number of carbonyl (C=O) groups excluding carboxylic acids is 1. The van der Waals surface area contributed by atoms with E-state index in [1.54, 1.807) is 26.4 Å². The molecule has 3 N–H and O–H groups in total. The number of amides is 1. The maximum atomic E-state index is 14.1. The molecule has 5 rings (SSSR count). The molecule has 8 nitrogen and oxygen atoms in total. The third-order valence-corrected chi connectivity index (χ3v) is 7.23. The third kappa shape index (κ3) is 6.45. The second-order valence-electron chi connectivity index (χ2n) is 9.79. The molecule has 210 valence electrons. The summed E-state index contributed by atoms with van der Waals surface area (Å²) >= 11 is 0. The van der Waals surface area contributed by atoms with Crippen LogP contribution < -0.4 is 25.4 Å². The Morgan fingerprint density at radius 1 is 1.13 bits per heavy atom. The molecular formula is C28H34ClF2N5O3. The summed E-state index contributed by atoms with van der Waals surface area (Å²) in [5.74, 6) is 1.65. The van der Waals surface area contributed by atoms with Crippen molar-refractivity contribution in [3.05, 3.63) is 59.7 Å². The molecule has 0 saturated carbocycles. The normalized spacial score (nSPS) is 20.4. The molecule has 1 fully saturated rings. The lowest BCUT2D eigenvalue weighted by Gasteiger charge is -2.32. The second-order valence-corrected chi connectivity index (χ2v) is 9.79. The Labute approximate surface area is 232 Å². The van der Waals surface area contributed by atoms with Crippen LogP contribution in [-0.2, 0) is 11.2 Å². The molecule has 39 heavy (non-hydrogen) atoms. The van der Waals surface area contributed by atoms with Crippen LogP contribution in [0.5, 0.6) is 11.5 Å². The first-order valence-electron chi connectivity index (χ1n) is 12.9. The fraction of sp³-hybridized carbons (Fsp3) is 0.429. The predicted octanol–water partition coefficient (Wildman–Crippen LogP) is 4.76. The van der Waals surface area contributed by atoms with Crippen LogP contribution in [0.15, 0.2) is 48.5 Å². The minimum Gasteiger partial charge on any atom is -0.493 e. The van der Waals surface area contributed by atoms with Gasteiger partial charge >= 0.3 is 0 Å². The number of benzene rings is 2. The molecule has 11 heteroatoms. The molecule has 1 aromatic heterocycles. The smallest absolute Gasteiger partial charge is 0.260 e. The number of hydrogen-bond acceptors (Lipinski definition) is 6. The van der Waals surface area contributed by atoms with Crippen molar-refractivity contribution in [3.8, 4) is 22.8 Å². The number of nitrogens with zero attached hydrogens (tertiary/aromatic N) is 2. The lowest BCUT2D eigenvalue weighted by Crippen LogP contribution is -2.46. The Balaban J connectivity index is 0.00000353. The molecular weight excluding hydrogens is 528 g/mol. The van der Waals surface area contributed by atoms with Crippen LogP contribution >= 0.6 is 12.4 Å². The van der Waals surface area contributed by atoms with E-state index < -0.39 is 12.5 Å². The van der Waals surface area contributed by atoms with Crippen molar-refractivity contribution in [1.82, 2.24) is 20.4 Å². The molecule has 3 atom stereocenters. The summed E-state index contributed by atoms with van der Waals surface area (Å²) in [6.07, 6.45) is -0.0653. The molecule has 3 heterocycles. The first kappa shape index (κ1) is 28.6. The Morgan fingerprint density at radius 3 is 2.56 bits per heavy atom. The Hall–Kier alpha value is -3.37. The zero-order valence-corrected chi connectivity index (χ0v) is 22.8. The maximum absolute atomic E-state index is 14.1. The van der Waals surface area contributed by atoms with E-state index in [-0.39, 0.29) is 36.8 Å². The van der Waals surface area contributed by atoms with E-state index in [2.05, 4.69) is 21.0 Å². The minimum atomic E-state index is -2.58. The van der Waals surface area contributed by atoms with Crippen LogP contribution in [0.4, 0.5) is 14.6 Å². The van der Waals surface area contributed by atoms with Gasteiger partial charge in [-0.25, -0.2) is 13.5 Å². The fourth-order valence-electron chi connectivity index (χ4n) is 5.21. The van der Waals surface area contributed by atoms with Gasteiger partial charge in [-0.3, -0.25) is 4.79 Å². The average Bonchev–Trinajstić information content (AvgIpc) is 3.37. The van der Waals surface area contributed by atoms with Gasteiger partial charge in [0.15, 0.2) is 11.5 Å². The SMILES string of the molecule is COc1ccc(C2CC(C(F)F)n3nc(-c4ccc(CC(=O)N[C@@H]5CCCNC5)cc4)cc3N2)cc1OC.Cl. The summed E-state index contributed by atoms with van der Waals surface area (Å²) in [7, 11) is 3.10. The van der Waals surface area contributed by atoms with Gasteiger partial charge in [0.2, 0.25) is 5.91 Å². The largest absolute Gasteiger partial charge is 0.493 e. The van der Waals surface area contributed by atoms with E-state index in [0.717, 1.165) is 42.6 Å². The highest BCUT2D eigenvalue weighted by molar-refractivity contribution is 5.85. The van der Waals surface area contributed by atoms with Crippen molar-refractivity contribution >= 4 is 24.1 Å². The third-order valence-electron chi connectivity index (χ3n) is 7.23. The van der Waals surface area contributed by atoms with Crippen LogP contribution in [-0.4, -0.2) is 55.5 Å². The lowest BCUT2D eigenvalue weighted by atomic mass is 9.97. The number of halogens is 3. The summed E-state index contributed by atoms with van der Waals surface area (Å²) in [5.41, 5.74) is 3.10. The van der Waals surface area contributed by atoms with Crippen LogP contribution in [0.1, 0.15) is 42.5 Å². The van der Waals surface area contributed by atoms with Gasteiger partial charge in [-0.15, -0.1) is 12.4 Å². The van der Waals surface area contributed by atoms with Gasteiger partial charge in [-0.2, -0.15) is 5.10 Å². The number of nitrogens with one attached hydrogen (secondary N) is 3. The number of ether oxygens (including phenoxy) is 2. The van der Waals surface area contributed by atoms with Crippen LogP contribution in [0.3, 0.4) is 0 Å². The van der Waals surface area contributed by atoms with E-state index in [4.69, 9.17) is 9.47 Å². The zero-order valence-electron chi connectivity index (χ0n) is 22.0. The number of anilines is 1. The molecule has 2 aliphatic heterocycles. The van der Waals surface area contributed by atoms with E-state index in [9.17, 15) is 13.6 Å². The molecule has 2 unspecified atom stereocenters. The van der Waals surface area contributed by atoms with Crippen LogP contribution in [0.25, 0.3) is 11.3 Å². The highest BCUT2D eigenvalue weighted by atomic mass is 35.5. The topological polar surface area (TPSA) is 89.4 Å². The summed E-state index contributed by atoms with van der Waals surface area (Å²) in [4.78, 5) is 12.4. The summed E-state index contributed by atoms with van der Waals surface area (Å²) in [5, 5.41) is 14.3. The van der Waals surface area contributed by atoms with Gasteiger partial charge < -0.3 is 25.4 Å². The highest BCUT2D eigenvalue weighted by Crippen LogP contribution is 2.41. The Bertz CT molecular complexity index is 1260. The zero-order chi connectivity index (χ0) is 26.6. The van der Waals surface area contributed by atoms with Gasteiger partial charge in [0.05, 0.1) is 32.4 Å². The predicted molar refractivity (Wildman–Crippen MR) is 148 cm³/mol. The summed E-state index contributed by atoms with van der Waals surface area (Å²) < 4.78 is 40.4. The second kappa shape index (κ2) is 12.7. The molecule has 0 aliphatic carbocycles. The van der Waals surface area contributed by atoms with Gasteiger partial charge in [0, 0.05) is 24.2 Å². The van der Waals surface area contributed by atoms with Crippen molar-refractivity contribution in [2.75, 3.05) is 32.6 Å². The number of alkyl halides is 2. The van der Waals surface area contributed by atoms with Crippen molar-refractivity contribution in [2.24, 2.45) is 0 Å². The van der Waals surface area contributed by atoms with Crippen LogP contribution in [0.2, 0.25) is 0 Å². The van der Waals surface area contributed by atoms with Crippen molar-refractivity contribution in [2.45, 2.75) is 50.2 Å². The monoisotopic (exact) mass is 561 g/mol. The minimum absolute atomic E-state index is 0. The van der Waals surface area contributed by atoms with Crippen LogP contribution in [0, 0.1) is 0 Å². The number of carbonyl (C=O) groups is 1. The molecule has 0 radical (unpaired) electrons. The molecule has 3 aromatic rings. The molecule has 1 amide bonds. The van der Waals surface area contributed by atoms with Crippen molar-refractivity contribution < 1.29 is 23.0 Å². The van der Waals surface area contributed by atoms with Crippen molar-refractivity contribution in [1.29, 1.82) is 0 Å². The van der Waals surface area contributed by atoms with Gasteiger partial charge in [-0.1, -0.05) is 30.3 Å². The Morgan fingerprint density at radius 2 is 1.90 bits per heavy atom. The summed E-state index contributed by atoms with van der Waals surface area (Å²) in [6.45, 7) is 1.80. The van der Waals surface area contributed by atoms with Gasteiger partial charge in [-0.05, 0) is 49.1 Å². The van der Waals surface area contributed by atoms with E-state index in [1.807, 2.05) is 36.4 Å². The molecule has 0 spiro atoms. The van der Waals surface area contributed by atoms with E-state index >= 15 is 0 Å². The summed E-state index contributed by atoms with van der Waals surface area (Å²) in [6, 6.07) is 13.5. The highest BCUT2D eigenvalue weighted by Gasteiger charge is 2.35. The average molecular weight is 562 g/mol. The lowest BCUT2D eigenvalue weighted by molar-refractivity contribution is -0.121. The van der Waals surface area contributed by atoms with E-state index in [0.29, 0.717) is 29.4 Å². The number of fused-ring (bicyclic) bond motifs is 1. The molecule has 0 bridgehead atoms. The molecule has 2 aliphatic rings. The van der Waals surface area contributed by atoms with Gasteiger partial charge in [0.1, 0.15) is 11.9 Å². The number of methoxy groups -OCH3 is 2. The number of hydrogen-bond donors (Lipinski definition) is 3. The maximum Gasteiger partial charge on any atom is 0.260 e. The first-order valence-corrected chi connectivity index (χ1v) is 12.9. The number of aromatic nitrogens is 2. The number of rotatable bonds is 8. The fourth-order valence-corrected chi connectivity index (χ4v) is 5.21. The standard InChI is InChI=1S/C28H33F2N5O3.ClH/c1-37-24-10-9-19(13-25(24)38-2)21-14-23(28(29)30)35-26(33-21)15-22(34-35)18-7-5-17(6-8-18)12-27(36)32-20-4-3-11-31-16-20;/h5-10,13,15,20-21,23,28,31,33H,3-4,11-12,14,16H2,1-2H3,(H,32,36);1H/t20-,21?,23?;/m1./s1. The molecule has 1 saturated heterocycles. The van der Waals surface area contributed by atoms with Crippen molar-refractivity contribution in [3.63, 3.8) is 0 Å². The quantitative estimate of drug-likeness (QED) is 0.367. The van der Waals surface area contributed by atoms with Gasteiger partial charge in [0.25, 0.3) is 6.43 Å². The first-order chi connectivity index (χ1) is 18.4. The molecule has 2 aromatic carbocycles. The number of piperidine rings is 1. The Kier molecular flexibility index (Phi) is 9.29. The van der Waals surface area contributed by atoms with E-state index in [1.165, 1.54) is 4.68 Å².